The molecular formula is C12H27NO2Si. The summed E-state index contributed by atoms with van der Waals surface area (Å²) in [6.45, 7) is 14.3. The molecule has 1 heterocycles. The van der Waals surface area contributed by atoms with Crippen LogP contribution in [0.15, 0.2) is 0 Å². The Morgan fingerprint density at radius 3 is 2.31 bits per heavy atom. The SMILES string of the molecule is CC(C)(C)[Si](C)(C)OC[C@@H]1CNC[C@H]1CO. The van der Waals surface area contributed by atoms with E-state index in [1.165, 1.54) is 0 Å². The zero-order valence-electron chi connectivity index (χ0n) is 11.3. The highest BCUT2D eigenvalue weighted by Crippen LogP contribution is 2.37. The normalized spacial score (nSPS) is 27.4. The first-order valence-corrected chi connectivity index (χ1v) is 9.14. The van der Waals surface area contributed by atoms with Gasteiger partial charge in [-0.1, -0.05) is 20.8 Å². The Hall–Kier alpha value is 0.0969. The molecule has 0 aromatic heterocycles. The molecule has 1 saturated heterocycles. The molecule has 0 aromatic rings. The van der Waals surface area contributed by atoms with Crippen LogP contribution in [0, 0.1) is 11.8 Å². The van der Waals surface area contributed by atoms with E-state index in [0.29, 0.717) is 11.8 Å². The lowest BCUT2D eigenvalue weighted by atomic mass is 9.98. The smallest absolute Gasteiger partial charge is 0.191 e. The molecule has 0 aliphatic carbocycles. The molecule has 0 radical (unpaired) electrons. The molecular weight excluding hydrogens is 218 g/mol. The van der Waals surface area contributed by atoms with Crippen molar-refractivity contribution >= 4 is 8.32 Å². The van der Waals surface area contributed by atoms with Crippen molar-refractivity contribution in [2.45, 2.75) is 38.9 Å². The molecule has 2 N–H and O–H groups in total. The minimum Gasteiger partial charge on any atom is -0.416 e. The maximum Gasteiger partial charge on any atom is 0.191 e. The third-order valence-corrected chi connectivity index (χ3v) is 8.68. The van der Waals surface area contributed by atoms with Gasteiger partial charge in [-0.2, -0.15) is 0 Å². The van der Waals surface area contributed by atoms with E-state index < -0.39 is 8.32 Å². The first-order chi connectivity index (χ1) is 7.28. The lowest BCUT2D eigenvalue weighted by Crippen LogP contribution is -2.42. The number of hydrogen-bond acceptors (Lipinski definition) is 3. The van der Waals surface area contributed by atoms with Crippen molar-refractivity contribution in [3.05, 3.63) is 0 Å². The minimum atomic E-state index is -1.62. The molecule has 4 heteroatoms. The summed E-state index contributed by atoms with van der Waals surface area (Å²) < 4.78 is 6.20. The second-order valence-electron chi connectivity index (χ2n) is 6.43. The van der Waals surface area contributed by atoms with E-state index in [-0.39, 0.29) is 11.6 Å². The van der Waals surface area contributed by atoms with Crippen LogP contribution >= 0.6 is 0 Å². The Bertz CT molecular complexity index is 226. The van der Waals surface area contributed by atoms with Crippen molar-refractivity contribution < 1.29 is 9.53 Å². The fraction of sp³-hybridized carbons (Fsp3) is 1.00. The van der Waals surface area contributed by atoms with Gasteiger partial charge in [-0.25, -0.2) is 0 Å². The second-order valence-corrected chi connectivity index (χ2v) is 11.2. The summed E-state index contributed by atoms with van der Waals surface area (Å²) >= 11 is 0. The average molecular weight is 245 g/mol. The van der Waals surface area contributed by atoms with Gasteiger partial charge in [0.05, 0.1) is 0 Å². The standard InChI is InChI=1S/C12H27NO2Si/c1-12(2,3)16(4,5)15-9-11-7-13-6-10(11)8-14/h10-11,13-14H,6-9H2,1-5H3/t10-,11-/m0/s1. The summed E-state index contributed by atoms with van der Waals surface area (Å²) in [5, 5.41) is 12.8. The maximum absolute atomic E-state index is 9.24. The molecule has 0 amide bonds. The van der Waals surface area contributed by atoms with E-state index in [0.717, 1.165) is 19.7 Å². The zero-order valence-corrected chi connectivity index (χ0v) is 12.3. The molecule has 0 unspecified atom stereocenters. The summed E-state index contributed by atoms with van der Waals surface area (Å²) in [5.74, 6) is 0.865. The molecule has 16 heavy (non-hydrogen) atoms. The number of aliphatic hydroxyl groups excluding tert-OH is 1. The highest BCUT2D eigenvalue weighted by molar-refractivity contribution is 6.74. The van der Waals surface area contributed by atoms with Crippen LogP contribution in [-0.2, 0) is 4.43 Å². The first kappa shape index (κ1) is 14.2. The fourth-order valence-corrected chi connectivity index (χ4v) is 2.79. The van der Waals surface area contributed by atoms with Crippen molar-refractivity contribution in [3.63, 3.8) is 0 Å². The Kier molecular flexibility index (Phi) is 4.57. The van der Waals surface area contributed by atoms with Crippen molar-refractivity contribution in [3.8, 4) is 0 Å². The minimum absolute atomic E-state index is 0.272. The van der Waals surface area contributed by atoms with E-state index in [2.05, 4.69) is 39.2 Å². The summed E-state index contributed by atoms with van der Waals surface area (Å²) in [7, 11) is -1.62. The summed E-state index contributed by atoms with van der Waals surface area (Å²) in [6, 6.07) is 0. The maximum atomic E-state index is 9.24. The van der Waals surface area contributed by atoms with Gasteiger partial charge in [0.1, 0.15) is 0 Å². The zero-order chi connectivity index (χ0) is 12.4. The molecule has 96 valence electrons. The van der Waals surface area contributed by atoms with Crippen molar-refractivity contribution in [1.29, 1.82) is 0 Å². The van der Waals surface area contributed by atoms with Gasteiger partial charge in [-0.05, 0) is 24.1 Å². The Balaban J connectivity index is 2.45. The van der Waals surface area contributed by atoms with E-state index in [1.807, 2.05) is 0 Å². The highest BCUT2D eigenvalue weighted by atomic mass is 28.4. The van der Waals surface area contributed by atoms with Gasteiger partial charge in [0.15, 0.2) is 8.32 Å². The lowest BCUT2D eigenvalue weighted by Gasteiger charge is -2.37. The molecule has 1 fully saturated rings. The molecule has 3 nitrogen and oxygen atoms in total. The topological polar surface area (TPSA) is 41.5 Å². The third kappa shape index (κ3) is 3.29. The van der Waals surface area contributed by atoms with Gasteiger partial charge in [-0.15, -0.1) is 0 Å². The molecule has 0 bridgehead atoms. The molecule has 0 spiro atoms. The average Bonchev–Trinajstić information content (AvgIpc) is 2.60. The number of aliphatic hydroxyl groups is 1. The molecule has 0 aromatic carbocycles. The van der Waals surface area contributed by atoms with Gasteiger partial charge in [-0.3, -0.25) is 0 Å². The number of nitrogens with one attached hydrogen (secondary N) is 1. The van der Waals surface area contributed by atoms with Crippen LogP contribution in [0.2, 0.25) is 18.1 Å². The predicted molar refractivity (Wildman–Crippen MR) is 70.1 cm³/mol. The summed E-state index contributed by atoms with van der Waals surface area (Å²) in [4.78, 5) is 0. The van der Waals surface area contributed by atoms with E-state index >= 15 is 0 Å². The fourth-order valence-electron chi connectivity index (χ4n) is 1.73. The number of hydrogen-bond donors (Lipinski definition) is 2. The van der Waals surface area contributed by atoms with Crippen molar-refractivity contribution in [2.75, 3.05) is 26.3 Å². The molecule has 2 atom stereocenters. The van der Waals surface area contributed by atoms with E-state index in [1.54, 1.807) is 0 Å². The molecule has 1 aliphatic rings. The first-order valence-electron chi connectivity index (χ1n) is 6.23. The van der Waals surface area contributed by atoms with Crippen LogP contribution in [0.4, 0.5) is 0 Å². The van der Waals surface area contributed by atoms with Crippen LogP contribution in [0.3, 0.4) is 0 Å². The van der Waals surface area contributed by atoms with E-state index in [9.17, 15) is 5.11 Å². The van der Waals surface area contributed by atoms with Crippen molar-refractivity contribution in [1.82, 2.24) is 5.32 Å². The van der Waals surface area contributed by atoms with Crippen LogP contribution in [-0.4, -0.2) is 39.7 Å². The van der Waals surface area contributed by atoms with E-state index in [4.69, 9.17) is 4.43 Å². The monoisotopic (exact) mass is 245 g/mol. The summed E-state index contributed by atoms with van der Waals surface area (Å²) in [5.41, 5.74) is 0. The van der Waals surface area contributed by atoms with Crippen LogP contribution in [0.5, 0.6) is 0 Å². The Morgan fingerprint density at radius 1 is 1.25 bits per heavy atom. The lowest BCUT2D eigenvalue weighted by molar-refractivity contribution is 0.155. The Labute approximate surface area is 101 Å². The van der Waals surface area contributed by atoms with Gasteiger partial charge in [0.2, 0.25) is 0 Å². The number of rotatable bonds is 4. The van der Waals surface area contributed by atoms with Crippen LogP contribution in [0.1, 0.15) is 20.8 Å². The van der Waals surface area contributed by atoms with Gasteiger partial charge < -0.3 is 14.8 Å². The predicted octanol–water partition coefficient (Wildman–Crippen LogP) is 1.84. The molecule has 0 saturated carbocycles. The second kappa shape index (κ2) is 5.17. The Morgan fingerprint density at radius 2 is 1.81 bits per heavy atom. The molecule has 1 rings (SSSR count). The molecule has 1 aliphatic heterocycles. The van der Waals surface area contributed by atoms with Gasteiger partial charge >= 0.3 is 0 Å². The van der Waals surface area contributed by atoms with Crippen LogP contribution < -0.4 is 5.32 Å². The largest absolute Gasteiger partial charge is 0.416 e. The van der Waals surface area contributed by atoms with Gasteiger partial charge in [0.25, 0.3) is 0 Å². The summed E-state index contributed by atoms with van der Waals surface area (Å²) in [6.07, 6.45) is 0. The quantitative estimate of drug-likeness (QED) is 0.743. The van der Waals surface area contributed by atoms with Crippen molar-refractivity contribution in [2.24, 2.45) is 11.8 Å². The third-order valence-electron chi connectivity index (χ3n) is 4.18. The highest BCUT2D eigenvalue weighted by Gasteiger charge is 2.38. The van der Waals surface area contributed by atoms with Crippen LogP contribution in [0.25, 0.3) is 0 Å². The van der Waals surface area contributed by atoms with Gasteiger partial charge in [0, 0.05) is 32.2 Å².